The van der Waals surface area contributed by atoms with Crippen LogP contribution in [0.5, 0.6) is 0 Å². The second kappa shape index (κ2) is 9.23. The summed E-state index contributed by atoms with van der Waals surface area (Å²) in [5.41, 5.74) is 1.12. The molecule has 0 saturated carbocycles. The quantitative estimate of drug-likeness (QED) is 0.776. The highest BCUT2D eigenvalue weighted by Crippen LogP contribution is 2.16. The van der Waals surface area contributed by atoms with Crippen molar-refractivity contribution in [2.24, 2.45) is 0 Å². The van der Waals surface area contributed by atoms with Crippen LogP contribution in [0.25, 0.3) is 0 Å². The highest BCUT2D eigenvalue weighted by Gasteiger charge is 2.09. The summed E-state index contributed by atoms with van der Waals surface area (Å²) < 4.78 is 0. The number of nitrogens with one attached hydrogen (secondary N) is 1. The van der Waals surface area contributed by atoms with Gasteiger partial charge in [-0.3, -0.25) is 4.79 Å². The van der Waals surface area contributed by atoms with Gasteiger partial charge in [0.05, 0.1) is 5.75 Å². The number of aliphatic hydroxyl groups excluding tert-OH is 1. The van der Waals surface area contributed by atoms with Gasteiger partial charge in [0, 0.05) is 23.4 Å². The van der Waals surface area contributed by atoms with Crippen LogP contribution in [0.3, 0.4) is 0 Å². The Bertz CT molecular complexity index is 401. The van der Waals surface area contributed by atoms with Crippen LogP contribution in [0.15, 0.2) is 24.3 Å². The first kappa shape index (κ1) is 16.3. The lowest BCUT2D eigenvalue weighted by atomic mass is 10.1. The van der Waals surface area contributed by atoms with Crippen LogP contribution < -0.4 is 5.32 Å². The molecular weight excluding hydrogens is 282 g/mol. The van der Waals surface area contributed by atoms with Crippen LogP contribution in [0, 0.1) is 0 Å². The van der Waals surface area contributed by atoms with Crippen molar-refractivity contribution in [1.82, 2.24) is 5.32 Å². The van der Waals surface area contributed by atoms with Crippen molar-refractivity contribution in [3.05, 3.63) is 34.9 Å². The molecule has 1 unspecified atom stereocenters. The van der Waals surface area contributed by atoms with Gasteiger partial charge in [0.25, 0.3) is 0 Å². The van der Waals surface area contributed by atoms with Gasteiger partial charge in [-0.2, -0.15) is 0 Å². The molecule has 2 N–H and O–H groups in total. The molecule has 1 atom stereocenters. The molecule has 0 saturated heterocycles. The summed E-state index contributed by atoms with van der Waals surface area (Å²) >= 11 is 7.46. The molecule has 0 aliphatic carbocycles. The predicted molar refractivity (Wildman–Crippen MR) is 81.5 cm³/mol. The van der Waals surface area contributed by atoms with E-state index in [0.29, 0.717) is 12.2 Å². The number of carbonyl (C=O) groups is 1. The smallest absolute Gasteiger partial charge is 0.230 e. The first-order valence-corrected chi connectivity index (χ1v) is 7.91. The Morgan fingerprint density at radius 3 is 2.95 bits per heavy atom. The molecule has 5 heteroatoms. The van der Waals surface area contributed by atoms with Gasteiger partial charge in [-0.1, -0.05) is 30.7 Å². The number of thioether (sulfide) groups is 1. The summed E-state index contributed by atoms with van der Waals surface area (Å²) in [6, 6.07) is 7.73. The second-order valence-electron chi connectivity index (χ2n) is 4.31. The van der Waals surface area contributed by atoms with Crippen LogP contribution >= 0.6 is 23.4 Å². The fraction of sp³-hybridized carbons (Fsp3) is 0.500. The summed E-state index contributed by atoms with van der Waals surface area (Å²) in [4.78, 5) is 11.7. The van der Waals surface area contributed by atoms with E-state index in [1.807, 2.05) is 31.2 Å². The van der Waals surface area contributed by atoms with E-state index in [1.54, 1.807) is 11.8 Å². The topological polar surface area (TPSA) is 49.3 Å². The monoisotopic (exact) mass is 301 g/mol. The normalized spacial score (nSPS) is 12.2. The van der Waals surface area contributed by atoms with Crippen LogP contribution in [0.2, 0.25) is 5.02 Å². The highest BCUT2D eigenvalue weighted by molar-refractivity contribution is 7.99. The predicted octanol–water partition coefficient (Wildman–Crippen LogP) is 2.85. The first-order chi connectivity index (χ1) is 9.15. The fourth-order valence-electron chi connectivity index (χ4n) is 1.69. The van der Waals surface area contributed by atoms with Gasteiger partial charge in [-0.15, -0.1) is 11.8 Å². The second-order valence-corrected chi connectivity index (χ2v) is 5.73. The highest BCUT2D eigenvalue weighted by atomic mass is 35.5. The van der Waals surface area contributed by atoms with E-state index < -0.39 is 0 Å². The summed E-state index contributed by atoms with van der Waals surface area (Å²) in [5.74, 6) is 1.21. The SMILES string of the molecule is CCC(CCO)NC(=O)CSCc1cccc(Cl)c1. The lowest BCUT2D eigenvalue weighted by Crippen LogP contribution is -2.36. The molecule has 0 aliphatic rings. The molecule has 0 spiro atoms. The summed E-state index contributed by atoms with van der Waals surface area (Å²) in [6.45, 7) is 2.11. The van der Waals surface area contributed by atoms with Crippen LogP contribution in [0.4, 0.5) is 0 Å². The van der Waals surface area contributed by atoms with E-state index in [4.69, 9.17) is 16.7 Å². The summed E-state index contributed by atoms with van der Waals surface area (Å²) in [6.07, 6.45) is 1.45. The Morgan fingerprint density at radius 1 is 1.53 bits per heavy atom. The third kappa shape index (κ3) is 6.85. The van der Waals surface area contributed by atoms with E-state index in [-0.39, 0.29) is 18.6 Å². The van der Waals surface area contributed by atoms with Crippen molar-refractivity contribution < 1.29 is 9.90 Å². The van der Waals surface area contributed by atoms with Gasteiger partial charge in [-0.05, 0) is 30.5 Å². The Hall–Kier alpha value is -0.710. The van der Waals surface area contributed by atoms with E-state index in [2.05, 4.69) is 5.32 Å². The Balaban J connectivity index is 2.27. The van der Waals surface area contributed by atoms with Crippen molar-refractivity contribution in [3.8, 4) is 0 Å². The van der Waals surface area contributed by atoms with Gasteiger partial charge in [-0.25, -0.2) is 0 Å². The Labute approximate surface area is 123 Å². The van der Waals surface area contributed by atoms with E-state index in [9.17, 15) is 4.79 Å². The molecule has 1 amide bonds. The number of amides is 1. The standard InChI is InChI=1S/C14H20ClNO2S/c1-2-13(6-7-17)16-14(18)10-19-9-11-4-3-5-12(15)8-11/h3-5,8,13,17H,2,6-7,9-10H2,1H3,(H,16,18). The number of carbonyl (C=O) groups excluding carboxylic acids is 1. The molecule has 1 aromatic rings. The van der Waals surface area contributed by atoms with Crippen LogP contribution in [-0.4, -0.2) is 29.4 Å². The van der Waals surface area contributed by atoms with Gasteiger partial charge in [0.15, 0.2) is 0 Å². The third-order valence-electron chi connectivity index (χ3n) is 2.73. The number of halogens is 1. The van der Waals surface area contributed by atoms with Gasteiger partial charge in [0.1, 0.15) is 0 Å². The molecule has 106 valence electrons. The average molecular weight is 302 g/mol. The number of hydrogen-bond acceptors (Lipinski definition) is 3. The average Bonchev–Trinajstić information content (AvgIpc) is 2.38. The van der Waals surface area contributed by atoms with Crippen LogP contribution in [-0.2, 0) is 10.5 Å². The minimum absolute atomic E-state index is 0.0207. The maximum atomic E-state index is 11.7. The molecular formula is C14H20ClNO2S. The zero-order chi connectivity index (χ0) is 14.1. The number of aliphatic hydroxyl groups is 1. The number of hydrogen-bond donors (Lipinski definition) is 2. The first-order valence-electron chi connectivity index (χ1n) is 6.38. The molecule has 0 fully saturated rings. The van der Waals surface area contributed by atoms with Crippen molar-refractivity contribution in [2.75, 3.05) is 12.4 Å². The zero-order valence-electron chi connectivity index (χ0n) is 11.1. The van der Waals surface area contributed by atoms with Gasteiger partial charge in [0.2, 0.25) is 5.91 Å². The maximum Gasteiger partial charge on any atom is 0.230 e. The van der Waals surface area contributed by atoms with E-state index in [1.165, 1.54) is 0 Å². The largest absolute Gasteiger partial charge is 0.396 e. The maximum absolute atomic E-state index is 11.7. The fourth-order valence-corrected chi connectivity index (χ4v) is 2.69. The molecule has 1 aromatic carbocycles. The molecule has 0 heterocycles. The minimum atomic E-state index is 0.0207. The molecule has 0 bridgehead atoms. The molecule has 19 heavy (non-hydrogen) atoms. The summed E-state index contributed by atoms with van der Waals surface area (Å²) in [7, 11) is 0. The number of benzene rings is 1. The molecule has 0 radical (unpaired) electrons. The Morgan fingerprint density at radius 2 is 2.32 bits per heavy atom. The van der Waals surface area contributed by atoms with Crippen molar-refractivity contribution in [2.45, 2.75) is 31.6 Å². The minimum Gasteiger partial charge on any atom is -0.396 e. The third-order valence-corrected chi connectivity index (χ3v) is 3.97. The molecule has 1 rings (SSSR count). The molecule has 0 aliphatic heterocycles. The lowest BCUT2D eigenvalue weighted by molar-refractivity contribution is -0.119. The Kier molecular flexibility index (Phi) is 7.94. The van der Waals surface area contributed by atoms with Crippen LogP contribution in [0.1, 0.15) is 25.3 Å². The van der Waals surface area contributed by atoms with Crippen molar-refractivity contribution in [3.63, 3.8) is 0 Å². The van der Waals surface area contributed by atoms with E-state index >= 15 is 0 Å². The lowest BCUT2D eigenvalue weighted by Gasteiger charge is -2.15. The van der Waals surface area contributed by atoms with Crippen molar-refractivity contribution >= 4 is 29.3 Å². The van der Waals surface area contributed by atoms with Gasteiger partial charge >= 0.3 is 0 Å². The van der Waals surface area contributed by atoms with Crippen molar-refractivity contribution in [1.29, 1.82) is 0 Å². The number of rotatable bonds is 8. The summed E-state index contributed by atoms with van der Waals surface area (Å²) in [5, 5.41) is 12.5. The molecule has 3 nitrogen and oxygen atoms in total. The molecule has 0 aromatic heterocycles. The van der Waals surface area contributed by atoms with Gasteiger partial charge < -0.3 is 10.4 Å². The zero-order valence-corrected chi connectivity index (χ0v) is 12.6. The van der Waals surface area contributed by atoms with E-state index in [0.717, 1.165) is 22.8 Å².